The Labute approximate surface area is 312 Å². The van der Waals surface area contributed by atoms with Gasteiger partial charge in [-0.05, 0) is 73.6 Å². The molecular formula is C39H56N8O6. The molecule has 1 saturated heterocycles. The minimum absolute atomic E-state index is 0.00825. The number of pyridine rings is 1. The van der Waals surface area contributed by atoms with E-state index in [1.807, 2.05) is 50.0 Å². The fraction of sp³-hybridized carbons (Fsp3) is 0.564. The minimum Gasteiger partial charge on any atom is -0.861 e. The van der Waals surface area contributed by atoms with Crippen LogP contribution >= 0.6 is 0 Å². The number of benzene rings is 1. The van der Waals surface area contributed by atoms with Crippen molar-refractivity contribution >= 4 is 41.1 Å². The summed E-state index contributed by atoms with van der Waals surface area (Å²) in [6.07, 6.45) is 9.41. The van der Waals surface area contributed by atoms with Gasteiger partial charge in [0.2, 0.25) is 29.5 Å². The number of nitrogens with zero attached hydrogens (tertiary/aromatic N) is 2. The van der Waals surface area contributed by atoms with Crippen LogP contribution in [0.25, 0.3) is 0 Å². The van der Waals surface area contributed by atoms with E-state index >= 15 is 0 Å². The van der Waals surface area contributed by atoms with Gasteiger partial charge in [-0.1, -0.05) is 45.2 Å². The van der Waals surface area contributed by atoms with E-state index in [4.69, 9.17) is 11.1 Å². The lowest BCUT2D eigenvalue weighted by Gasteiger charge is -2.34. The van der Waals surface area contributed by atoms with Gasteiger partial charge in [-0.15, -0.1) is 0 Å². The monoisotopic (exact) mass is 732 g/mol. The SMILES string of the molecule is CC(=O)N[C@@H](Cc1ccc(N)cc1)C(=O)N[C@H](C(=O)N[C@@H](Cc1ccc[n+](C)c1)C(=O)N[C@@H](CC(C)C)C(=O)N1CCC[C@H]1C(=N)[O-])C1CCCCC1. The zero-order valence-electron chi connectivity index (χ0n) is 31.4. The lowest BCUT2D eigenvalue weighted by atomic mass is 9.83. The van der Waals surface area contributed by atoms with E-state index in [2.05, 4.69) is 21.3 Å². The molecule has 4 rings (SSSR count). The summed E-state index contributed by atoms with van der Waals surface area (Å²) in [5, 5.41) is 31.2. The van der Waals surface area contributed by atoms with Gasteiger partial charge < -0.3 is 42.4 Å². The Bertz CT molecular complexity index is 1610. The van der Waals surface area contributed by atoms with Gasteiger partial charge >= 0.3 is 0 Å². The van der Waals surface area contributed by atoms with E-state index in [-0.39, 0.29) is 24.7 Å². The third kappa shape index (κ3) is 12.0. The largest absolute Gasteiger partial charge is 0.861 e. The maximum absolute atomic E-state index is 14.4. The molecule has 2 fully saturated rings. The Morgan fingerprint density at radius 3 is 2.09 bits per heavy atom. The fourth-order valence-corrected chi connectivity index (χ4v) is 7.41. The quantitative estimate of drug-likeness (QED) is 0.0632. The van der Waals surface area contributed by atoms with Crippen LogP contribution in [0.5, 0.6) is 0 Å². The summed E-state index contributed by atoms with van der Waals surface area (Å²) in [6.45, 7) is 5.49. The molecule has 5 atom stereocenters. The highest BCUT2D eigenvalue weighted by Gasteiger charge is 2.38. The fourth-order valence-electron chi connectivity index (χ4n) is 7.41. The number of hydrogen-bond donors (Lipinski definition) is 6. The highest BCUT2D eigenvalue weighted by atomic mass is 16.3. The van der Waals surface area contributed by atoms with Crippen molar-refractivity contribution in [1.82, 2.24) is 26.2 Å². The van der Waals surface area contributed by atoms with E-state index in [0.717, 1.165) is 30.4 Å². The molecule has 0 radical (unpaired) electrons. The van der Waals surface area contributed by atoms with Crippen molar-refractivity contribution in [1.29, 1.82) is 5.41 Å². The van der Waals surface area contributed by atoms with Crippen LogP contribution in [-0.2, 0) is 43.9 Å². The predicted octanol–water partition coefficient (Wildman–Crippen LogP) is 0.793. The van der Waals surface area contributed by atoms with Crippen molar-refractivity contribution in [2.75, 3.05) is 12.3 Å². The minimum atomic E-state index is -1.12. The molecule has 1 aromatic heterocycles. The summed E-state index contributed by atoms with van der Waals surface area (Å²) in [7, 11) is 1.85. The number of nitrogens with two attached hydrogens (primary N) is 1. The van der Waals surface area contributed by atoms with Crippen LogP contribution in [0.4, 0.5) is 5.69 Å². The summed E-state index contributed by atoms with van der Waals surface area (Å²) < 4.78 is 1.83. The van der Waals surface area contributed by atoms with E-state index in [1.54, 1.807) is 24.3 Å². The van der Waals surface area contributed by atoms with Crippen LogP contribution in [0.1, 0.15) is 83.3 Å². The summed E-state index contributed by atoms with van der Waals surface area (Å²) in [4.78, 5) is 69.9. The van der Waals surface area contributed by atoms with E-state index in [1.165, 1.54) is 11.8 Å². The first-order valence-corrected chi connectivity index (χ1v) is 18.7. The second kappa shape index (κ2) is 19.2. The van der Waals surface area contributed by atoms with Crippen LogP contribution in [-0.4, -0.2) is 77.1 Å². The van der Waals surface area contributed by atoms with Crippen LogP contribution in [0.2, 0.25) is 0 Å². The van der Waals surface area contributed by atoms with E-state index in [9.17, 15) is 29.1 Å². The van der Waals surface area contributed by atoms with Crippen molar-refractivity contribution in [3.8, 4) is 0 Å². The Morgan fingerprint density at radius 1 is 0.849 bits per heavy atom. The van der Waals surface area contributed by atoms with Gasteiger partial charge in [0.1, 0.15) is 31.2 Å². The maximum Gasteiger partial charge on any atom is 0.245 e. The number of likely N-dealkylation sites (tertiary alicyclic amines) is 1. The third-order valence-electron chi connectivity index (χ3n) is 10.0. The highest BCUT2D eigenvalue weighted by Crippen LogP contribution is 2.27. The molecule has 0 bridgehead atoms. The molecule has 288 valence electrons. The average molecular weight is 733 g/mol. The zero-order chi connectivity index (χ0) is 38.7. The first-order valence-electron chi connectivity index (χ1n) is 18.7. The molecule has 0 spiro atoms. The number of amides is 5. The lowest BCUT2D eigenvalue weighted by molar-refractivity contribution is -0.671. The number of rotatable bonds is 16. The summed E-state index contributed by atoms with van der Waals surface area (Å²) in [5.41, 5.74) is 7.94. The molecule has 1 aliphatic carbocycles. The molecule has 1 aromatic carbocycles. The summed E-state index contributed by atoms with van der Waals surface area (Å²) in [6, 6.07) is 5.75. The van der Waals surface area contributed by atoms with E-state index < -0.39 is 65.6 Å². The highest BCUT2D eigenvalue weighted by molar-refractivity contribution is 5.96. The molecule has 14 nitrogen and oxygen atoms in total. The number of carbonyl (C=O) groups excluding carboxylic acids is 5. The van der Waals surface area contributed by atoms with Crippen LogP contribution < -0.4 is 36.7 Å². The van der Waals surface area contributed by atoms with E-state index in [0.29, 0.717) is 44.3 Å². The summed E-state index contributed by atoms with van der Waals surface area (Å²) in [5.74, 6) is -3.49. The van der Waals surface area contributed by atoms with Gasteiger partial charge in [-0.2, -0.15) is 0 Å². The molecule has 1 aliphatic heterocycles. The molecule has 2 aliphatic rings. The third-order valence-corrected chi connectivity index (χ3v) is 10.0. The van der Waals surface area contributed by atoms with Crippen molar-refractivity contribution in [2.45, 2.75) is 115 Å². The number of hydrogen-bond acceptors (Lipinski definition) is 8. The van der Waals surface area contributed by atoms with Gasteiger partial charge in [0.25, 0.3) is 0 Å². The van der Waals surface area contributed by atoms with Crippen LogP contribution in [0, 0.1) is 17.2 Å². The zero-order valence-corrected chi connectivity index (χ0v) is 31.4. The van der Waals surface area contributed by atoms with Crippen molar-refractivity contribution < 1.29 is 33.6 Å². The Morgan fingerprint density at radius 2 is 1.47 bits per heavy atom. The van der Waals surface area contributed by atoms with Crippen LogP contribution in [0.15, 0.2) is 48.8 Å². The molecule has 5 amide bonds. The van der Waals surface area contributed by atoms with Gasteiger partial charge in [0.15, 0.2) is 12.4 Å². The normalized spacial score (nSPS) is 18.4. The number of anilines is 1. The van der Waals surface area contributed by atoms with Gasteiger partial charge in [0.05, 0.1) is 6.04 Å². The molecular weight excluding hydrogens is 676 g/mol. The van der Waals surface area contributed by atoms with Crippen LogP contribution in [0.3, 0.4) is 0 Å². The smallest absolute Gasteiger partial charge is 0.245 e. The number of nitrogens with one attached hydrogen (secondary N) is 5. The molecule has 53 heavy (non-hydrogen) atoms. The van der Waals surface area contributed by atoms with Crippen molar-refractivity contribution in [3.63, 3.8) is 0 Å². The first kappa shape index (κ1) is 40.8. The molecule has 2 aromatic rings. The van der Waals surface area contributed by atoms with Gasteiger partial charge in [0, 0.05) is 43.6 Å². The molecule has 7 N–H and O–H groups in total. The maximum atomic E-state index is 14.4. The average Bonchev–Trinajstić information content (AvgIpc) is 3.61. The molecule has 14 heteroatoms. The van der Waals surface area contributed by atoms with Crippen molar-refractivity contribution in [3.05, 3.63) is 59.9 Å². The number of carbonyl (C=O) groups is 5. The number of aryl methyl sites for hydroxylation is 1. The standard InChI is InChI=1S/C39H56N8O6/c1-24(2)20-32(39(53)47-19-9-13-33(47)35(41)49)44-36(50)31(22-27-10-8-18-46(4)23-27)43-38(52)34(28-11-6-5-7-12-28)45-37(51)30(42-25(3)48)21-26-14-16-29(40)17-15-26/h8,10,14-18,23-24,28,30-34H,5-7,9,11-13,19-22,40H2,1-4H3,(H5-,41,42,43,44,45,48,49,50,51,52)/t30-,31-,32-,33-,34-/m0/s1. The first-order chi connectivity index (χ1) is 25.2. The molecule has 1 saturated carbocycles. The predicted molar refractivity (Wildman–Crippen MR) is 198 cm³/mol. The second-order valence-corrected chi connectivity index (χ2v) is 15.0. The second-order valence-electron chi connectivity index (χ2n) is 15.0. The summed E-state index contributed by atoms with van der Waals surface area (Å²) >= 11 is 0. The molecule has 0 unspecified atom stereocenters. The Balaban J connectivity index is 1.61. The number of aromatic nitrogens is 1. The van der Waals surface area contributed by atoms with Gasteiger partial charge in [-0.3, -0.25) is 24.0 Å². The topological polar surface area (TPSA) is 214 Å². The molecule has 2 heterocycles. The number of nitrogen functional groups attached to an aromatic ring is 1. The Hall–Kier alpha value is -5.01. The lowest BCUT2D eigenvalue weighted by Crippen LogP contribution is -2.61. The van der Waals surface area contributed by atoms with Crippen molar-refractivity contribution in [2.24, 2.45) is 18.9 Å². The Kier molecular flexibility index (Phi) is 14.7. The van der Waals surface area contributed by atoms with Gasteiger partial charge in [-0.25, -0.2) is 4.57 Å².